The molecule has 2 aromatic rings. The van der Waals surface area contributed by atoms with Crippen molar-refractivity contribution in [3.05, 3.63) is 51.2 Å². The molecule has 2 heterocycles. The van der Waals surface area contributed by atoms with E-state index in [9.17, 15) is 18.0 Å². The second-order valence-corrected chi connectivity index (χ2v) is 8.96. The number of amides is 1. The van der Waals surface area contributed by atoms with E-state index in [-0.39, 0.29) is 11.3 Å². The molecule has 1 atom stereocenters. The van der Waals surface area contributed by atoms with Crippen LogP contribution in [0, 0.1) is 0 Å². The zero-order valence-electron chi connectivity index (χ0n) is 14.8. The number of H-pyrrole nitrogens is 1. The predicted octanol–water partition coefficient (Wildman–Crippen LogP) is 1.84. The van der Waals surface area contributed by atoms with Gasteiger partial charge in [0.25, 0.3) is 11.5 Å². The summed E-state index contributed by atoms with van der Waals surface area (Å²) in [4.78, 5) is 27.7. The number of ether oxygens (including phenoxy) is 1. The summed E-state index contributed by atoms with van der Waals surface area (Å²) in [5, 5.41) is 4.34. The highest BCUT2D eigenvalue weighted by molar-refractivity contribution is 7.94. The van der Waals surface area contributed by atoms with Gasteiger partial charge in [0.15, 0.2) is 9.84 Å². The van der Waals surface area contributed by atoms with Gasteiger partial charge in [-0.3, -0.25) is 9.59 Å². The van der Waals surface area contributed by atoms with Gasteiger partial charge in [0.05, 0.1) is 24.4 Å². The lowest BCUT2D eigenvalue weighted by Crippen LogP contribution is -2.38. The van der Waals surface area contributed by atoms with Crippen LogP contribution in [0.1, 0.15) is 41.1 Å². The molecular weight excluding hydrogens is 368 g/mol. The van der Waals surface area contributed by atoms with E-state index in [1.54, 1.807) is 7.11 Å². The number of sulfone groups is 1. The van der Waals surface area contributed by atoms with E-state index in [0.717, 1.165) is 23.8 Å². The Balaban J connectivity index is 1.68. The average molecular weight is 388 g/mol. The first-order chi connectivity index (χ1) is 12.9. The molecule has 0 bridgehead atoms. The molecule has 1 aliphatic heterocycles. The molecule has 1 amide bonds. The summed E-state index contributed by atoms with van der Waals surface area (Å²) in [5.41, 5.74) is 1.06. The Labute approximate surface area is 156 Å². The topological polar surface area (TPSA) is 105 Å². The van der Waals surface area contributed by atoms with Gasteiger partial charge in [0.1, 0.15) is 11.3 Å². The van der Waals surface area contributed by atoms with Gasteiger partial charge >= 0.3 is 0 Å². The van der Waals surface area contributed by atoms with Crippen LogP contribution < -0.4 is 15.6 Å². The van der Waals surface area contributed by atoms with Crippen LogP contribution in [0.15, 0.2) is 34.5 Å². The van der Waals surface area contributed by atoms with E-state index in [2.05, 4.69) is 10.3 Å². The number of carbonyl (C=O) groups excluding carboxylic acids is 1. The molecule has 0 radical (unpaired) electrons. The van der Waals surface area contributed by atoms with E-state index in [1.165, 1.54) is 18.6 Å². The molecule has 0 unspecified atom stereocenters. The van der Waals surface area contributed by atoms with Gasteiger partial charge in [-0.1, -0.05) is 18.6 Å². The summed E-state index contributed by atoms with van der Waals surface area (Å²) in [6, 6.07) is 4.74. The zero-order valence-corrected chi connectivity index (χ0v) is 15.6. The molecular formula is C19H20N2O5S. The summed E-state index contributed by atoms with van der Waals surface area (Å²) in [5.74, 6) is 0.285. The standard InChI is InChI=1S/C19H20N2O5S/c1-26-17-14(11-3-2-4-11)6-5-12-9-15(19(23)21-16(12)17)18(22)20-13-7-8-27(24,25)10-13/h5-9,11,13H,2-4,10H2,1H3,(H,20,22)(H,21,23)/t13-/m1/s1. The van der Waals surface area contributed by atoms with E-state index in [1.807, 2.05) is 12.1 Å². The lowest BCUT2D eigenvalue weighted by atomic mass is 9.79. The van der Waals surface area contributed by atoms with Crippen LogP contribution >= 0.6 is 0 Å². The minimum absolute atomic E-state index is 0.0568. The molecule has 1 fully saturated rings. The van der Waals surface area contributed by atoms with Crippen LogP contribution in [0.25, 0.3) is 10.9 Å². The fourth-order valence-corrected chi connectivity index (χ4v) is 4.84. The maximum atomic E-state index is 12.5. The maximum absolute atomic E-state index is 12.5. The van der Waals surface area contributed by atoms with Crippen molar-refractivity contribution in [2.75, 3.05) is 12.9 Å². The van der Waals surface area contributed by atoms with Crippen molar-refractivity contribution in [2.24, 2.45) is 0 Å². The fourth-order valence-electron chi connectivity index (χ4n) is 3.61. The SMILES string of the molecule is COc1c(C2CCC2)ccc2cc(C(=O)N[C@@H]3C=CS(=O)(=O)C3)c(=O)[nH]c12. The smallest absolute Gasteiger partial charge is 0.261 e. The minimum atomic E-state index is -3.28. The van der Waals surface area contributed by atoms with E-state index >= 15 is 0 Å². The van der Waals surface area contributed by atoms with Crippen LogP contribution in [0.4, 0.5) is 0 Å². The first kappa shape index (κ1) is 17.8. The number of fused-ring (bicyclic) bond motifs is 1. The molecule has 1 saturated carbocycles. The number of hydrogen-bond acceptors (Lipinski definition) is 5. The molecule has 1 aliphatic carbocycles. The van der Waals surface area contributed by atoms with Crippen molar-refractivity contribution in [1.29, 1.82) is 0 Å². The summed E-state index contributed by atoms with van der Waals surface area (Å²) in [6.45, 7) is 0. The third-order valence-corrected chi connectivity index (χ3v) is 6.64. The Kier molecular flexibility index (Phi) is 4.30. The molecule has 0 spiro atoms. The molecule has 8 heteroatoms. The molecule has 0 saturated heterocycles. The minimum Gasteiger partial charge on any atom is -0.494 e. The van der Waals surface area contributed by atoms with Crippen molar-refractivity contribution in [1.82, 2.24) is 10.3 Å². The number of hydrogen-bond donors (Lipinski definition) is 2. The van der Waals surface area contributed by atoms with Crippen molar-refractivity contribution < 1.29 is 17.9 Å². The molecule has 7 nitrogen and oxygen atoms in total. The summed E-state index contributed by atoms with van der Waals surface area (Å²) in [6.07, 6.45) is 4.80. The Bertz CT molecular complexity index is 1110. The molecule has 2 aliphatic rings. The summed E-state index contributed by atoms with van der Waals surface area (Å²) >= 11 is 0. The van der Waals surface area contributed by atoms with Gasteiger partial charge in [0.2, 0.25) is 0 Å². The number of benzene rings is 1. The number of methoxy groups -OCH3 is 1. The van der Waals surface area contributed by atoms with Crippen molar-refractivity contribution in [3.63, 3.8) is 0 Å². The molecule has 2 N–H and O–H groups in total. The average Bonchev–Trinajstić information content (AvgIpc) is 2.91. The van der Waals surface area contributed by atoms with Crippen molar-refractivity contribution in [3.8, 4) is 5.75 Å². The molecule has 142 valence electrons. The normalized spacial score (nSPS) is 21.1. The highest BCUT2D eigenvalue weighted by Crippen LogP contribution is 2.42. The monoisotopic (exact) mass is 388 g/mol. The largest absolute Gasteiger partial charge is 0.494 e. The third-order valence-electron chi connectivity index (χ3n) is 5.24. The Morgan fingerprint density at radius 3 is 2.67 bits per heavy atom. The van der Waals surface area contributed by atoms with E-state index in [4.69, 9.17) is 4.74 Å². The van der Waals surface area contributed by atoms with Gasteiger partial charge in [-0.05, 0) is 36.5 Å². The number of rotatable bonds is 4. The molecule has 4 rings (SSSR count). The van der Waals surface area contributed by atoms with E-state index < -0.39 is 27.3 Å². The predicted molar refractivity (Wildman–Crippen MR) is 102 cm³/mol. The first-order valence-corrected chi connectivity index (χ1v) is 10.6. The number of nitrogens with one attached hydrogen (secondary N) is 2. The Morgan fingerprint density at radius 1 is 1.30 bits per heavy atom. The van der Waals surface area contributed by atoms with Gasteiger partial charge in [-0.25, -0.2) is 8.42 Å². The van der Waals surface area contributed by atoms with Gasteiger partial charge < -0.3 is 15.0 Å². The number of aromatic nitrogens is 1. The van der Waals surface area contributed by atoms with Gasteiger partial charge in [-0.15, -0.1) is 0 Å². The number of aromatic amines is 1. The zero-order chi connectivity index (χ0) is 19.2. The van der Waals surface area contributed by atoms with Gasteiger partial charge in [-0.2, -0.15) is 0 Å². The molecule has 27 heavy (non-hydrogen) atoms. The summed E-state index contributed by atoms with van der Waals surface area (Å²) < 4.78 is 28.5. The van der Waals surface area contributed by atoms with Crippen LogP contribution in [0.2, 0.25) is 0 Å². The van der Waals surface area contributed by atoms with Crippen molar-refractivity contribution >= 4 is 26.6 Å². The Hall–Kier alpha value is -2.61. The molecule has 1 aromatic carbocycles. The third kappa shape index (κ3) is 3.25. The van der Waals surface area contributed by atoms with Crippen LogP contribution in [-0.2, 0) is 9.84 Å². The van der Waals surface area contributed by atoms with Crippen LogP contribution in [0.5, 0.6) is 5.75 Å². The highest BCUT2D eigenvalue weighted by Gasteiger charge is 2.26. The second-order valence-electron chi connectivity index (χ2n) is 7.03. The first-order valence-electron chi connectivity index (χ1n) is 8.84. The summed E-state index contributed by atoms with van der Waals surface area (Å²) in [7, 11) is -1.71. The van der Waals surface area contributed by atoms with Gasteiger partial charge in [0, 0.05) is 10.8 Å². The highest BCUT2D eigenvalue weighted by atomic mass is 32.2. The Morgan fingerprint density at radius 2 is 2.07 bits per heavy atom. The number of carbonyl (C=O) groups is 1. The van der Waals surface area contributed by atoms with Crippen molar-refractivity contribution in [2.45, 2.75) is 31.2 Å². The lowest BCUT2D eigenvalue weighted by Gasteiger charge is -2.27. The lowest BCUT2D eigenvalue weighted by molar-refractivity contribution is 0.0946. The van der Waals surface area contributed by atoms with Crippen LogP contribution in [0.3, 0.4) is 0 Å². The molecule has 1 aromatic heterocycles. The number of pyridine rings is 1. The van der Waals surface area contributed by atoms with E-state index in [0.29, 0.717) is 22.6 Å². The second kappa shape index (κ2) is 6.53. The quantitative estimate of drug-likeness (QED) is 0.832. The fraction of sp³-hybridized carbons (Fsp3) is 0.368. The van der Waals surface area contributed by atoms with Crippen LogP contribution in [-0.4, -0.2) is 38.2 Å². The maximum Gasteiger partial charge on any atom is 0.261 e.